The lowest BCUT2D eigenvalue weighted by Gasteiger charge is -2.31. The van der Waals surface area contributed by atoms with Gasteiger partial charge in [-0.15, -0.1) is 0 Å². The fourth-order valence-electron chi connectivity index (χ4n) is 3.03. The van der Waals surface area contributed by atoms with E-state index in [1.807, 2.05) is 0 Å². The smallest absolute Gasteiger partial charge is 0.384 e. The number of imidazole rings is 1. The average molecular weight is 345 g/mol. The fourth-order valence-corrected chi connectivity index (χ4v) is 3.03. The Hall–Kier alpha value is -1.87. The maximum Gasteiger partial charge on any atom is 0.424 e. The molecular formula is C15H18F3N3O3. The number of fused-ring (bicyclic) bond motifs is 3. The van der Waals surface area contributed by atoms with E-state index in [9.17, 15) is 23.4 Å². The number of aliphatic hydroxyl groups is 2. The Labute approximate surface area is 135 Å². The van der Waals surface area contributed by atoms with Gasteiger partial charge in [-0.2, -0.15) is 13.2 Å². The first-order valence-electron chi connectivity index (χ1n) is 7.44. The zero-order chi connectivity index (χ0) is 18.1. The van der Waals surface area contributed by atoms with Crippen molar-refractivity contribution in [1.29, 1.82) is 0 Å². The summed E-state index contributed by atoms with van der Waals surface area (Å²) in [5.74, 6) is -0.230. The molecule has 2 N–H and O–H groups in total. The van der Waals surface area contributed by atoms with E-state index < -0.39 is 29.2 Å². The van der Waals surface area contributed by atoms with Crippen molar-refractivity contribution in [1.82, 2.24) is 14.7 Å². The summed E-state index contributed by atoms with van der Waals surface area (Å²) >= 11 is 0. The molecule has 2 atom stereocenters. The largest absolute Gasteiger partial charge is 0.424 e. The molecule has 2 aromatic rings. The van der Waals surface area contributed by atoms with Crippen LogP contribution in [0.4, 0.5) is 13.2 Å². The number of rotatable bonds is 2. The minimum absolute atomic E-state index is 0.266. The van der Waals surface area contributed by atoms with Gasteiger partial charge in [-0.25, -0.2) is 4.98 Å². The topological polar surface area (TPSA) is 84.3 Å². The van der Waals surface area contributed by atoms with Crippen LogP contribution in [0.15, 0.2) is 10.7 Å². The summed E-state index contributed by atoms with van der Waals surface area (Å²) in [7, 11) is 0. The van der Waals surface area contributed by atoms with Crippen LogP contribution in [0.2, 0.25) is 0 Å². The van der Waals surface area contributed by atoms with Crippen molar-refractivity contribution in [2.24, 2.45) is 0 Å². The standard InChI is InChI=1S/C15H18F3N3O3/c1-7-5-8-10(24-20-11(8)13(2,3)22)9-6-19-12(21(7)9)14(4,23)15(16,17)18/h6-7,22-23H,5H2,1-4H3/t7-,14?/m1/s1. The lowest BCUT2D eigenvalue weighted by atomic mass is 9.92. The summed E-state index contributed by atoms with van der Waals surface area (Å²) in [5, 5.41) is 24.0. The second kappa shape index (κ2) is 4.82. The number of nitrogens with zero attached hydrogens (tertiary/aromatic N) is 3. The molecule has 0 bridgehead atoms. The number of alkyl halides is 3. The predicted octanol–water partition coefficient (Wildman–Crippen LogP) is 2.65. The van der Waals surface area contributed by atoms with E-state index in [-0.39, 0.29) is 5.76 Å². The van der Waals surface area contributed by atoms with Crippen LogP contribution in [0, 0.1) is 0 Å². The third-order valence-corrected chi connectivity index (χ3v) is 4.32. The van der Waals surface area contributed by atoms with Crippen LogP contribution < -0.4 is 0 Å². The SMILES string of the molecule is C[C@@H]1Cc2c(C(C)(C)O)noc2-c2cnc(C(C)(O)C(F)(F)F)n21. The molecule has 3 heterocycles. The summed E-state index contributed by atoms with van der Waals surface area (Å²) in [4.78, 5) is 3.80. The highest BCUT2D eigenvalue weighted by molar-refractivity contribution is 5.61. The third-order valence-electron chi connectivity index (χ3n) is 4.32. The van der Waals surface area contributed by atoms with E-state index in [0.717, 1.165) is 0 Å². The monoisotopic (exact) mass is 345 g/mol. The Morgan fingerprint density at radius 3 is 2.42 bits per heavy atom. The summed E-state index contributed by atoms with van der Waals surface area (Å²) in [6.07, 6.45) is -3.33. The molecule has 24 heavy (non-hydrogen) atoms. The van der Waals surface area contributed by atoms with Gasteiger partial charge in [-0.3, -0.25) is 0 Å². The van der Waals surface area contributed by atoms with Crippen molar-refractivity contribution in [3.8, 4) is 11.5 Å². The van der Waals surface area contributed by atoms with Crippen molar-refractivity contribution in [2.75, 3.05) is 0 Å². The average Bonchev–Trinajstić information content (AvgIpc) is 2.99. The zero-order valence-corrected chi connectivity index (χ0v) is 13.6. The highest BCUT2D eigenvalue weighted by atomic mass is 19.4. The Bertz CT molecular complexity index is 784. The van der Waals surface area contributed by atoms with Crippen molar-refractivity contribution in [3.63, 3.8) is 0 Å². The number of hydrogen-bond donors (Lipinski definition) is 2. The molecule has 0 fully saturated rings. The maximum atomic E-state index is 13.2. The van der Waals surface area contributed by atoms with Crippen molar-refractivity contribution in [3.05, 3.63) is 23.3 Å². The van der Waals surface area contributed by atoms with Crippen LogP contribution in [0.25, 0.3) is 11.5 Å². The molecule has 6 nitrogen and oxygen atoms in total. The van der Waals surface area contributed by atoms with Crippen molar-refractivity contribution in [2.45, 2.75) is 57.5 Å². The summed E-state index contributed by atoms with van der Waals surface area (Å²) in [5.41, 5.74) is -3.04. The highest BCUT2D eigenvalue weighted by Crippen LogP contribution is 2.44. The van der Waals surface area contributed by atoms with E-state index >= 15 is 0 Å². The van der Waals surface area contributed by atoms with Crippen LogP contribution in [-0.2, 0) is 17.6 Å². The van der Waals surface area contributed by atoms with Gasteiger partial charge < -0.3 is 19.3 Å². The Kier molecular flexibility index (Phi) is 3.41. The van der Waals surface area contributed by atoms with Crippen LogP contribution in [0.3, 0.4) is 0 Å². The zero-order valence-electron chi connectivity index (χ0n) is 13.6. The van der Waals surface area contributed by atoms with Crippen LogP contribution in [0.1, 0.15) is 50.8 Å². The van der Waals surface area contributed by atoms with Gasteiger partial charge in [0.2, 0.25) is 5.60 Å². The van der Waals surface area contributed by atoms with E-state index in [2.05, 4.69) is 10.1 Å². The molecule has 1 unspecified atom stereocenters. The van der Waals surface area contributed by atoms with E-state index in [4.69, 9.17) is 4.52 Å². The van der Waals surface area contributed by atoms with Gasteiger partial charge in [0.05, 0.1) is 6.20 Å². The van der Waals surface area contributed by atoms with Crippen LogP contribution in [0.5, 0.6) is 0 Å². The molecule has 2 aromatic heterocycles. The van der Waals surface area contributed by atoms with Gasteiger partial charge in [0.15, 0.2) is 11.6 Å². The second-order valence-electron chi connectivity index (χ2n) is 6.86. The van der Waals surface area contributed by atoms with Crippen LogP contribution >= 0.6 is 0 Å². The van der Waals surface area contributed by atoms with Gasteiger partial charge in [0.1, 0.15) is 17.0 Å². The van der Waals surface area contributed by atoms with Gasteiger partial charge in [0.25, 0.3) is 0 Å². The second-order valence-corrected chi connectivity index (χ2v) is 6.86. The molecular weight excluding hydrogens is 327 g/mol. The van der Waals surface area contributed by atoms with Gasteiger partial charge >= 0.3 is 6.18 Å². The highest BCUT2D eigenvalue weighted by Gasteiger charge is 2.55. The van der Waals surface area contributed by atoms with Gasteiger partial charge in [-0.1, -0.05) is 5.16 Å². The minimum atomic E-state index is -4.87. The van der Waals surface area contributed by atoms with Crippen molar-refractivity contribution >= 4 is 0 Å². The van der Waals surface area contributed by atoms with Gasteiger partial charge in [-0.05, 0) is 34.1 Å². The molecule has 0 saturated carbocycles. The lowest BCUT2D eigenvalue weighted by molar-refractivity contribution is -0.262. The molecule has 1 aliphatic heterocycles. The molecule has 132 valence electrons. The molecule has 0 aliphatic carbocycles. The molecule has 0 saturated heterocycles. The third kappa shape index (κ3) is 2.26. The molecule has 0 amide bonds. The summed E-state index contributed by atoms with van der Waals surface area (Å²) in [6.45, 7) is 5.50. The Morgan fingerprint density at radius 2 is 1.88 bits per heavy atom. The first kappa shape index (κ1) is 17.0. The first-order chi connectivity index (χ1) is 10.9. The molecule has 9 heteroatoms. The lowest BCUT2D eigenvalue weighted by Crippen LogP contribution is -2.42. The quantitative estimate of drug-likeness (QED) is 0.874. The minimum Gasteiger partial charge on any atom is -0.384 e. The molecule has 3 rings (SSSR count). The Balaban J connectivity index is 2.19. The van der Waals surface area contributed by atoms with E-state index in [1.54, 1.807) is 20.8 Å². The molecule has 0 radical (unpaired) electrons. The van der Waals surface area contributed by atoms with Crippen LogP contribution in [-0.4, -0.2) is 31.1 Å². The maximum absolute atomic E-state index is 13.2. The first-order valence-corrected chi connectivity index (χ1v) is 7.44. The Morgan fingerprint density at radius 1 is 1.25 bits per heavy atom. The van der Waals surface area contributed by atoms with E-state index in [0.29, 0.717) is 30.3 Å². The van der Waals surface area contributed by atoms with E-state index in [1.165, 1.54) is 10.8 Å². The predicted molar refractivity (Wildman–Crippen MR) is 77.0 cm³/mol. The van der Waals surface area contributed by atoms with Crippen molar-refractivity contribution < 1.29 is 27.9 Å². The fraction of sp³-hybridized carbons (Fsp3) is 0.600. The number of aromatic nitrogens is 3. The normalized spacial score (nSPS) is 20.5. The molecule has 1 aliphatic rings. The summed E-state index contributed by atoms with van der Waals surface area (Å²) in [6, 6.07) is -0.417. The molecule has 0 spiro atoms. The van der Waals surface area contributed by atoms with Gasteiger partial charge in [0, 0.05) is 11.6 Å². The molecule has 0 aromatic carbocycles. The number of hydrogen-bond acceptors (Lipinski definition) is 5. The number of halogens is 3. The summed E-state index contributed by atoms with van der Waals surface area (Å²) < 4.78 is 46.1.